The smallest absolute Gasteiger partial charge is 0.224 e. The number of rotatable bonds is 5. The van der Waals surface area contributed by atoms with Gasteiger partial charge in [-0.3, -0.25) is 9.69 Å². The molecule has 1 aliphatic heterocycles. The molecule has 29 heavy (non-hydrogen) atoms. The van der Waals surface area contributed by atoms with Gasteiger partial charge in [-0.05, 0) is 49.3 Å². The van der Waals surface area contributed by atoms with Gasteiger partial charge in [0.1, 0.15) is 0 Å². The maximum absolute atomic E-state index is 13.2. The van der Waals surface area contributed by atoms with Gasteiger partial charge in [-0.25, -0.2) is 0 Å². The molecule has 2 aromatic rings. The number of ether oxygens (including phenoxy) is 1. The summed E-state index contributed by atoms with van der Waals surface area (Å²) in [6, 6.07) is 7.26. The van der Waals surface area contributed by atoms with E-state index in [-0.39, 0.29) is 24.0 Å². The number of hydrogen-bond acceptors (Lipinski definition) is 3. The second-order valence-corrected chi connectivity index (χ2v) is 9.01. The van der Waals surface area contributed by atoms with Gasteiger partial charge in [0.25, 0.3) is 0 Å². The fraction of sp³-hybridized carbons (Fsp3) is 0.542. The van der Waals surface area contributed by atoms with Crippen molar-refractivity contribution >= 4 is 16.8 Å². The van der Waals surface area contributed by atoms with Crippen molar-refractivity contribution in [2.45, 2.75) is 56.2 Å². The van der Waals surface area contributed by atoms with Crippen LogP contribution >= 0.6 is 0 Å². The van der Waals surface area contributed by atoms with E-state index in [0.29, 0.717) is 12.0 Å². The van der Waals surface area contributed by atoms with Crippen molar-refractivity contribution in [2.75, 3.05) is 20.2 Å². The average molecular weight is 394 g/mol. The Bertz CT molecular complexity index is 920. The van der Waals surface area contributed by atoms with Crippen molar-refractivity contribution in [3.63, 3.8) is 0 Å². The summed E-state index contributed by atoms with van der Waals surface area (Å²) in [4.78, 5) is 19.1. The molecule has 1 aromatic heterocycles. The molecule has 5 heteroatoms. The molecule has 2 fully saturated rings. The van der Waals surface area contributed by atoms with Crippen LogP contribution in [0.4, 0.5) is 0 Å². The summed E-state index contributed by atoms with van der Waals surface area (Å²) in [5, 5.41) is 4.71. The summed E-state index contributed by atoms with van der Waals surface area (Å²) < 4.78 is 5.47. The Morgan fingerprint density at radius 3 is 3.07 bits per heavy atom. The fourth-order valence-corrected chi connectivity index (χ4v) is 5.97. The quantitative estimate of drug-likeness (QED) is 0.766. The molecular weight excluding hydrogens is 362 g/mol. The molecule has 3 aliphatic rings. The number of likely N-dealkylation sites (tertiary alicyclic amines) is 1. The Labute approximate surface area is 172 Å². The van der Waals surface area contributed by atoms with Crippen molar-refractivity contribution in [1.82, 2.24) is 15.2 Å². The minimum absolute atomic E-state index is 0.0218. The van der Waals surface area contributed by atoms with Crippen molar-refractivity contribution in [1.29, 1.82) is 0 Å². The van der Waals surface area contributed by atoms with Gasteiger partial charge in [0.2, 0.25) is 5.91 Å². The van der Waals surface area contributed by atoms with Crippen molar-refractivity contribution in [3.8, 4) is 0 Å². The Kier molecular flexibility index (Phi) is 4.96. The molecule has 0 spiro atoms. The predicted molar refractivity (Wildman–Crippen MR) is 115 cm³/mol. The number of carbonyl (C=O) groups excluding carboxylic acids is 1. The Morgan fingerprint density at radius 1 is 1.38 bits per heavy atom. The van der Waals surface area contributed by atoms with E-state index in [0.717, 1.165) is 45.2 Å². The summed E-state index contributed by atoms with van der Waals surface area (Å²) in [7, 11) is 1.77. The average Bonchev–Trinajstić information content (AvgIpc) is 3.36. The molecular formula is C24H31N3O2. The largest absolute Gasteiger partial charge is 0.381 e. The van der Waals surface area contributed by atoms with Crippen molar-refractivity contribution < 1.29 is 9.53 Å². The van der Waals surface area contributed by atoms with Crippen LogP contribution in [0.1, 0.15) is 42.7 Å². The first kappa shape index (κ1) is 18.9. The number of nitrogens with one attached hydrogen (secondary N) is 2. The van der Waals surface area contributed by atoms with Crippen LogP contribution in [0.5, 0.6) is 0 Å². The van der Waals surface area contributed by atoms with Crippen LogP contribution in [0.2, 0.25) is 0 Å². The van der Waals surface area contributed by atoms with Crippen LogP contribution in [-0.4, -0.2) is 54.2 Å². The molecule has 1 amide bonds. The molecule has 1 saturated heterocycles. The van der Waals surface area contributed by atoms with E-state index < -0.39 is 0 Å². The Morgan fingerprint density at radius 2 is 2.28 bits per heavy atom. The van der Waals surface area contributed by atoms with Gasteiger partial charge in [-0.1, -0.05) is 18.2 Å². The number of H-pyrrole nitrogens is 1. The van der Waals surface area contributed by atoms with Crippen molar-refractivity contribution in [2.24, 2.45) is 5.92 Å². The fourth-order valence-electron chi connectivity index (χ4n) is 5.97. The van der Waals surface area contributed by atoms with Gasteiger partial charge in [-0.15, -0.1) is 6.58 Å². The van der Waals surface area contributed by atoms with Gasteiger partial charge in [0, 0.05) is 55.3 Å². The van der Waals surface area contributed by atoms with Crippen LogP contribution in [0, 0.1) is 5.92 Å². The Balaban J connectivity index is 1.39. The Hall–Kier alpha value is -2.11. The highest BCUT2D eigenvalue weighted by atomic mass is 16.5. The molecule has 0 radical (unpaired) electrons. The van der Waals surface area contributed by atoms with Gasteiger partial charge >= 0.3 is 0 Å². The maximum Gasteiger partial charge on any atom is 0.224 e. The van der Waals surface area contributed by atoms with Gasteiger partial charge in [0.05, 0.1) is 12.0 Å². The predicted octanol–water partition coefficient (Wildman–Crippen LogP) is 3.37. The number of fused-ring (bicyclic) bond motifs is 2. The number of carbonyl (C=O) groups is 1. The van der Waals surface area contributed by atoms with E-state index in [2.05, 4.69) is 46.2 Å². The maximum atomic E-state index is 13.2. The lowest BCUT2D eigenvalue weighted by atomic mass is 9.72. The first-order chi connectivity index (χ1) is 14.2. The monoisotopic (exact) mass is 393 g/mol. The summed E-state index contributed by atoms with van der Waals surface area (Å²) in [6.45, 7) is 5.62. The molecule has 5 nitrogen and oxygen atoms in total. The molecule has 1 aromatic carbocycles. The van der Waals surface area contributed by atoms with E-state index in [4.69, 9.17) is 4.74 Å². The molecule has 154 valence electrons. The molecule has 0 bridgehead atoms. The summed E-state index contributed by atoms with van der Waals surface area (Å²) in [6.07, 6.45) is 9.39. The number of piperidine rings is 1. The summed E-state index contributed by atoms with van der Waals surface area (Å²) in [5.41, 5.74) is 4.03. The second-order valence-electron chi connectivity index (χ2n) is 9.01. The summed E-state index contributed by atoms with van der Waals surface area (Å²) in [5.74, 6) is 0.626. The van der Waals surface area contributed by atoms with Crippen LogP contribution < -0.4 is 5.32 Å². The lowest BCUT2D eigenvalue weighted by molar-refractivity contribution is -0.128. The molecule has 5 rings (SSSR count). The zero-order valence-electron chi connectivity index (χ0n) is 17.2. The highest BCUT2D eigenvalue weighted by molar-refractivity contribution is 5.88. The standard InChI is InChI=1S/C24H31N3O2/c1-3-9-27-14-16(24(28)26-17-7-8-18(12-17)29-2)10-20-19-5-4-6-21-23(19)15(13-25-21)11-22(20)27/h3-6,13,16-18,20,22,25H,1,7-12,14H2,2H3,(H,26,28)/t16?,17?,18?,20?,22-/m1/s1. The molecule has 2 aliphatic carbocycles. The highest BCUT2D eigenvalue weighted by Crippen LogP contribution is 2.44. The molecule has 4 unspecified atom stereocenters. The van der Waals surface area contributed by atoms with E-state index in [1.54, 1.807) is 7.11 Å². The third-order valence-corrected chi connectivity index (χ3v) is 7.37. The zero-order valence-corrected chi connectivity index (χ0v) is 17.2. The lowest BCUT2D eigenvalue weighted by Gasteiger charge is -2.46. The van der Waals surface area contributed by atoms with E-state index >= 15 is 0 Å². The number of nitrogens with zero attached hydrogens (tertiary/aromatic N) is 1. The number of methoxy groups -OCH3 is 1. The van der Waals surface area contributed by atoms with Gasteiger partial charge < -0.3 is 15.0 Å². The number of hydrogen-bond donors (Lipinski definition) is 2. The zero-order chi connectivity index (χ0) is 20.0. The summed E-state index contributed by atoms with van der Waals surface area (Å²) >= 11 is 0. The molecule has 1 saturated carbocycles. The number of aromatic amines is 1. The molecule has 2 heterocycles. The third-order valence-electron chi connectivity index (χ3n) is 7.37. The molecule has 5 atom stereocenters. The molecule has 2 N–H and O–H groups in total. The van der Waals surface area contributed by atoms with Crippen LogP contribution in [0.25, 0.3) is 10.9 Å². The van der Waals surface area contributed by atoms with Crippen LogP contribution in [0.15, 0.2) is 37.1 Å². The minimum Gasteiger partial charge on any atom is -0.381 e. The minimum atomic E-state index is 0.0218. The number of aromatic nitrogens is 1. The van der Waals surface area contributed by atoms with Gasteiger partial charge in [-0.2, -0.15) is 0 Å². The SMILES string of the molecule is C=CCN1CC(C(=O)NC2CCC(OC)C2)CC2c3cccc4[nH]cc(c34)C[C@H]21. The van der Waals surface area contributed by atoms with Crippen LogP contribution in [-0.2, 0) is 16.0 Å². The number of amides is 1. The first-order valence-electron chi connectivity index (χ1n) is 10.9. The number of benzene rings is 1. The lowest BCUT2D eigenvalue weighted by Crippen LogP contribution is -2.53. The second kappa shape index (κ2) is 7.62. The van der Waals surface area contributed by atoms with Crippen LogP contribution in [0.3, 0.4) is 0 Å². The third kappa shape index (κ3) is 3.30. The normalized spacial score (nSPS) is 31.6. The van der Waals surface area contributed by atoms with E-state index in [1.165, 1.54) is 22.0 Å². The van der Waals surface area contributed by atoms with E-state index in [1.807, 2.05) is 6.08 Å². The first-order valence-corrected chi connectivity index (χ1v) is 10.9. The highest BCUT2D eigenvalue weighted by Gasteiger charge is 2.42. The van der Waals surface area contributed by atoms with E-state index in [9.17, 15) is 4.79 Å². The van der Waals surface area contributed by atoms with Crippen molar-refractivity contribution in [3.05, 3.63) is 48.2 Å². The van der Waals surface area contributed by atoms with Gasteiger partial charge in [0.15, 0.2) is 0 Å². The topological polar surface area (TPSA) is 57.4 Å².